The number of hydrogen-bond acceptors (Lipinski definition) is 2. The predicted molar refractivity (Wildman–Crippen MR) is 98.1 cm³/mol. The molecule has 2 aromatic carbocycles. The van der Waals surface area contributed by atoms with Gasteiger partial charge in [-0.2, -0.15) is 0 Å². The van der Waals surface area contributed by atoms with E-state index < -0.39 is 0 Å². The molecule has 0 fully saturated rings. The molecule has 0 saturated carbocycles. The minimum absolute atomic E-state index is 0.143. The van der Waals surface area contributed by atoms with Crippen LogP contribution in [0.15, 0.2) is 48.5 Å². The van der Waals surface area contributed by atoms with Crippen LogP contribution in [0, 0.1) is 12.7 Å². The Kier molecular flexibility index (Phi) is 4.79. The standard InChI is InChI=1S/C21H21FN2O/c1-4-15-5-7-16(8-6-15)14(3)24-21(25)19-11-13(2)23-20-10-9-17(22)12-18(19)20/h5-12,14H,4H2,1-3H3,(H,24,25). The average molecular weight is 336 g/mol. The van der Waals surface area contributed by atoms with Gasteiger partial charge in [-0.3, -0.25) is 9.78 Å². The smallest absolute Gasteiger partial charge is 0.252 e. The molecule has 128 valence electrons. The van der Waals surface area contributed by atoms with Gasteiger partial charge in [0, 0.05) is 11.1 Å². The quantitative estimate of drug-likeness (QED) is 0.748. The van der Waals surface area contributed by atoms with Crippen LogP contribution in [-0.2, 0) is 6.42 Å². The third-order valence-electron chi connectivity index (χ3n) is 4.38. The number of carbonyl (C=O) groups excluding carboxylic acids is 1. The van der Waals surface area contributed by atoms with E-state index in [9.17, 15) is 9.18 Å². The molecule has 0 aliphatic heterocycles. The molecule has 0 saturated heterocycles. The first-order chi connectivity index (χ1) is 12.0. The number of amides is 1. The van der Waals surface area contributed by atoms with E-state index in [0.717, 1.165) is 17.7 Å². The Hall–Kier alpha value is -2.75. The van der Waals surface area contributed by atoms with Gasteiger partial charge in [-0.05, 0) is 55.7 Å². The summed E-state index contributed by atoms with van der Waals surface area (Å²) in [7, 11) is 0. The van der Waals surface area contributed by atoms with Crippen LogP contribution in [0.3, 0.4) is 0 Å². The maximum atomic E-state index is 13.6. The van der Waals surface area contributed by atoms with Gasteiger partial charge in [-0.25, -0.2) is 4.39 Å². The Morgan fingerprint density at radius 2 is 1.88 bits per heavy atom. The summed E-state index contributed by atoms with van der Waals surface area (Å²) in [4.78, 5) is 17.1. The maximum Gasteiger partial charge on any atom is 0.252 e. The fourth-order valence-electron chi connectivity index (χ4n) is 2.92. The number of benzene rings is 2. The second-order valence-corrected chi connectivity index (χ2v) is 6.26. The van der Waals surface area contributed by atoms with Crippen molar-refractivity contribution >= 4 is 16.8 Å². The Morgan fingerprint density at radius 1 is 1.16 bits per heavy atom. The van der Waals surface area contributed by atoms with Gasteiger partial charge in [0.1, 0.15) is 5.82 Å². The average Bonchev–Trinajstić information content (AvgIpc) is 2.61. The molecule has 1 aromatic heterocycles. The van der Waals surface area contributed by atoms with Crippen LogP contribution < -0.4 is 5.32 Å². The molecular formula is C21H21FN2O. The van der Waals surface area contributed by atoms with Crippen LogP contribution in [0.4, 0.5) is 4.39 Å². The summed E-state index contributed by atoms with van der Waals surface area (Å²) < 4.78 is 13.6. The van der Waals surface area contributed by atoms with E-state index >= 15 is 0 Å². The van der Waals surface area contributed by atoms with Crippen LogP contribution in [0.1, 0.15) is 47.1 Å². The first-order valence-corrected chi connectivity index (χ1v) is 8.44. The zero-order valence-corrected chi connectivity index (χ0v) is 14.6. The molecular weight excluding hydrogens is 315 g/mol. The highest BCUT2D eigenvalue weighted by molar-refractivity contribution is 6.06. The van der Waals surface area contributed by atoms with Crippen molar-refractivity contribution in [1.82, 2.24) is 10.3 Å². The summed E-state index contributed by atoms with van der Waals surface area (Å²) in [5, 5.41) is 3.52. The van der Waals surface area contributed by atoms with Gasteiger partial charge in [0.2, 0.25) is 0 Å². The highest BCUT2D eigenvalue weighted by Crippen LogP contribution is 2.21. The minimum Gasteiger partial charge on any atom is -0.345 e. The molecule has 0 radical (unpaired) electrons. The van der Waals surface area contributed by atoms with Crippen molar-refractivity contribution in [2.75, 3.05) is 0 Å². The molecule has 0 aliphatic carbocycles. The SMILES string of the molecule is CCc1ccc(C(C)NC(=O)c2cc(C)nc3ccc(F)cc23)cc1. The van der Waals surface area contributed by atoms with Crippen molar-refractivity contribution in [3.05, 3.63) is 76.7 Å². The zero-order chi connectivity index (χ0) is 18.0. The topological polar surface area (TPSA) is 42.0 Å². The number of fused-ring (bicyclic) bond motifs is 1. The fourth-order valence-corrected chi connectivity index (χ4v) is 2.92. The Balaban J connectivity index is 1.89. The van der Waals surface area contributed by atoms with Crippen LogP contribution >= 0.6 is 0 Å². The minimum atomic E-state index is -0.379. The summed E-state index contributed by atoms with van der Waals surface area (Å²) in [5.74, 6) is -0.608. The van der Waals surface area contributed by atoms with Crippen molar-refractivity contribution in [3.63, 3.8) is 0 Å². The summed E-state index contributed by atoms with van der Waals surface area (Å²) >= 11 is 0. The highest BCUT2D eigenvalue weighted by atomic mass is 19.1. The van der Waals surface area contributed by atoms with E-state index in [1.54, 1.807) is 12.1 Å². The molecule has 3 aromatic rings. The van der Waals surface area contributed by atoms with Crippen molar-refractivity contribution in [2.45, 2.75) is 33.2 Å². The number of rotatable bonds is 4. The number of pyridine rings is 1. The lowest BCUT2D eigenvalue weighted by Gasteiger charge is -2.16. The normalized spacial score (nSPS) is 12.2. The second-order valence-electron chi connectivity index (χ2n) is 6.26. The first-order valence-electron chi connectivity index (χ1n) is 8.44. The maximum absolute atomic E-state index is 13.6. The number of aromatic nitrogens is 1. The summed E-state index contributed by atoms with van der Waals surface area (Å²) in [6, 6.07) is 14.1. The van der Waals surface area contributed by atoms with Gasteiger partial charge in [0.25, 0.3) is 5.91 Å². The second kappa shape index (κ2) is 7.01. The number of halogens is 1. The summed E-state index contributed by atoms with van der Waals surface area (Å²) in [6.45, 7) is 5.87. The molecule has 1 amide bonds. The lowest BCUT2D eigenvalue weighted by atomic mass is 10.0. The van der Waals surface area contributed by atoms with Gasteiger partial charge in [0.05, 0.1) is 17.1 Å². The van der Waals surface area contributed by atoms with E-state index in [4.69, 9.17) is 0 Å². The molecule has 25 heavy (non-hydrogen) atoms. The molecule has 0 aliphatic rings. The number of aryl methyl sites for hydroxylation is 2. The highest BCUT2D eigenvalue weighted by Gasteiger charge is 2.16. The largest absolute Gasteiger partial charge is 0.345 e. The molecule has 0 spiro atoms. The van der Waals surface area contributed by atoms with Gasteiger partial charge >= 0.3 is 0 Å². The van der Waals surface area contributed by atoms with Gasteiger partial charge in [0.15, 0.2) is 0 Å². The van der Waals surface area contributed by atoms with Gasteiger partial charge in [-0.1, -0.05) is 31.2 Å². The van der Waals surface area contributed by atoms with E-state index in [1.165, 1.54) is 17.7 Å². The summed E-state index contributed by atoms with van der Waals surface area (Å²) in [5.41, 5.74) is 4.08. The molecule has 1 heterocycles. The van der Waals surface area contributed by atoms with Crippen LogP contribution in [0.2, 0.25) is 0 Å². The molecule has 0 bridgehead atoms. The molecule has 1 N–H and O–H groups in total. The van der Waals surface area contributed by atoms with Crippen molar-refractivity contribution in [3.8, 4) is 0 Å². The van der Waals surface area contributed by atoms with Crippen molar-refractivity contribution in [2.24, 2.45) is 0 Å². The zero-order valence-electron chi connectivity index (χ0n) is 14.6. The van der Waals surface area contributed by atoms with Crippen molar-refractivity contribution in [1.29, 1.82) is 0 Å². The Labute approximate surface area is 146 Å². The van der Waals surface area contributed by atoms with E-state index in [1.807, 2.05) is 26.0 Å². The Morgan fingerprint density at radius 3 is 2.56 bits per heavy atom. The molecule has 1 unspecified atom stereocenters. The van der Waals surface area contributed by atoms with Crippen LogP contribution in [-0.4, -0.2) is 10.9 Å². The van der Waals surface area contributed by atoms with E-state index in [0.29, 0.717) is 16.5 Å². The third kappa shape index (κ3) is 3.68. The van der Waals surface area contributed by atoms with Gasteiger partial charge in [-0.15, -0.1) is 0 Å². The monoisotopic (exact) mass is 336 g/mol. The summed E-state index contributed by atoms with van der Waals surface area (Å²) in [6.07, 6.45) is 0.981. The number of nitrogens with zero attached hydrogens (tertiary/aromatic N) is 1. The lowest BCUT2D eigenvalue weighted by Crippen LogP contribution is -2.27. The van der Waals surface area contributed by atoms with E-state index in [2.05, 4.69) is 29.4 Å². The molecule has 1 atom stereocenters. The van der Waals surface area contributed by atoms with E-state index in [-0.39, 0.29) is 17.8 Å². The van der Waals surface area contributed by atoms with Crippen LogP contribution in [0.5, 0.6) is 0 Å². The fraction of sp³-hybridized carbons (Fsp3) is 0.238. The first kappa shape index (κ1) is 17.1. The predicted octanol–water partition coefficient (Wildman–Crippen LogP) is 4.74. The molecule has 3 nitrogen and oxygen atoms in total. The molecule has 3 rings (SSSR count). The van der Waals surface area contributed by atoms with Crippen molar-refractivity contribution < 1.29 is 9.18 Å². The van der Waals surface area contributed by atoms with Gasteiger partial charge < -0.3 is 5.32 Å². The third-order valence-corrected chi connectivity index (χ3v) is 4.38. The Bertz CT molecular complexity index is 919. The lowest BCUT2D eigenvalue weighted by molar-refractivity contribution is 0.0941. The number of carbonyl (C=O) groups is 1. The number of nitrogens with one attached hydrogen (secondary N) is 1. The number of hydrogen-bond donors (Lipinski definition) is 1. The van der Waals surface area contributed by atoms with Crippen LogP contribution in [0.25, 0.3) is 10.9 Å². The molecule has 4 heteroatoms.